The smallest absolute Gasteiger partial charge is 0.0755 e. The summed E-state index contributed by atoms with van der Waals surface area (Å²) in [6, 6.07) is 5.68. The molecule has 0 aromatic heterocycles. The highest BCUT2D eigenvalue weighted by Gasteiger charge is 2.23. The molecule has 0 aliphatic carbocycles. The molecule has 22 heavy (non-hydrogen) atoms. The Kier molecular flexibility index (Phi) is 6.14. The molecule has 0 amide bonds. The van der Waals surface area contributed by atoms with Crippen LogP contribution in [-0.2, 0) is 0 Å². The number of benzene rings is 1. The maximum absolute atomic E-state index is 6.29. The first-order valence-electron chi connectivity index (χ1n) is 7.43. The lowest BCUT2D eigenvalue weighted by molar-refractivity contribution is 0.766. The Morgan fingerprint density at radius 1 is 1.36 bits per heavy atom. The lowest BCUT2D eigenvalue weighted by Gasteiger charge is -2.13. The molecule has 2 rings (SSSR count). The van der Waals surface area contributed by atoms with Gasteiger partial charge in [-0.15, -0.1) is 11.6 Å². The molecule has 4 heteroatoms. The maximum atomic E-state index is 6.29. The van der Waals surface area contributed by atoms with Crippen molar-refractivity contribution in [3.05, 3.63) is 57.1 Å². The molecule has 1 nitrogen and oxygen atoms in total. The standard InChI is InChI=1S/C18H20Cl3N/c1-4-14(11(2)9-12(3)19)17-7-8-18(22-17)15-10-13(20)5-6-16(15)21/h4-6,9-10,12,17H,7-8H2,1-3H3/b11-9-,14-4+. The molecular weight excluding hydrogens is 337 g/mol. The molecule has 2 unspecified atom stereocenters. The van der Waals surface area contributed by atoms with Crippen LogP contribution < -0.4 is 0 Å². The fraction of sp³-hybridized carbons (Fsp3) is 0.389. The summed E-state index contributed by atoms with van der Waals surface area (Å²) in [4.78, 5) is 4.88. The van der Waals surface area contributed by atoms with Crippen LogP contribution in [0.4, 0.5) is 0 Å². The van der Waals surface area contributed by atoms with Crippen molar-refractivity contribution in [2.24, 2.45) is 4.99 Å². The molecule has 0 radical (unpaired) electrons. The first-order chi connectivity index (χ1) is 10.4. The summed E-state index contributed by atoms with van der Waals surface area (Å²) in [5.41, 5.74) is 4.40. The molecule has 0 saturated carbocycles. The van der Waals surface area contributed by atoms with E-state index in [9.17, 15) is 0 Å². The minimum Gasteiger partial charge on any atom is -0.281 e. The van der Waals surface area contributed by atoms with Crippen LogP contribution in [0.3, 0.4) is 0 Å². The Morgan fingerprint density at radius 3 is 2.73 bits per heavy atom. The van der Waals surface area contributed by atoms with Gasteiger partial charge in [0.25, 0.3) is 0 Å². The molecule has 118 valence electrons. The first-order valence-corrected chi connectivity index (χ1v) is 8.62. The Bertz CT molecular complexity index is 642. The van der Waals surface area contributed by atoms with E-state index < -0.39 is 0 Å². The van der Waals surface area contributed by atoms with Crippen molar-refractivity contribution in [2.45, 2.75) is 45.0 Å². The number of nitrogens with zero attached hydrogens (tertiary/aromatic N) is 1. The molecule has 1 heterocycles. The van der Waals surface area contributed by atoms with Gasteiger partial charge in [0.05, 0.1) is 6.04 Å². The van der Waals surface area contributed by atoms with Crippen molar-refractivity contribution >= 4 is 40.5 Å². The zero-order valence-electron chi connectivity index (χ0n) is 13.0. The summed E-state index contributed by atoms with van der Waals surface area (Å²) < 4.78 is 0. The third-order valence-electron chi connectivity index (χ3n) is 3.81. The van der Waals surface area contributed by atoms with Gasteiger partial charge >= 0.3 is 0 Å². The van der Waals surface area contributed by atoms with Crippen LogP contribution in [0.25, 0.3) is 0 Å². The second-order valence-electron chi connectivity index (χ2n) is 5.53. The van der Waals surface area contributed by atoms with Gasteiger partial charge in [0.15, 0.2) is 0 Å². The van der Waals surface area contributed by atoms with Gasteiger partial charge in [-0.2, -0.15) is 0 Å². The molecule has 0 spiro atoms. The second-order valence-corrected chi connectivity index (χ2v) is 7.06. The normalized spacial score (nSPS) is 21.0. The van der Waals surface area contributed by atoms with Crippen LogP contribution in [0.2, 0.25) is 10.0 Å². The lowest BCUT2D eigenvalue weighted by Crippen LogP contribution is -2.06. The van der Waals surface area contributed by atoms with Crippen molar-refractivity contribution in [2.75, 3.05) is 0 Å². The summed E-state index contributed by atoms with van der Waals surface area (Å²) in [7, 11) is 0. The van der Waals surface area contributed by atoms with E-state index >= 15 is 0 Å². The number of alkyl halides is 1. The van der Waals surface area contributed by atoms with E-state index in [4.69, 9.17) is 39.8 Å². The number of allylic oxidation sites excluding steroid dienone is 2. The highest BCUT2D eigenvalue weighted by atomic mass is 35.5. The second kappa shape index (κ2) is 7.68. The SMILES string of the molecule is C/C=C(\C(C)=C/C(C)Cl)C1CCC(c2cc(Cl)ccc2Cl)=N1. The Hall–Kier alpha value is -0.760. The molecule has 0 saturated heterocycles. The molecule has 1 aliphatic heterocycles. The van der Waals surface area contributed by atoms with Crippen LogP contribution in [0.15, 0.2) is 46.5 Å². The van der Waals surface area contributed by atoms with Crippen molar-refractivity contribution in [3.8, 4) is 0 Å². The summed E-state index contributed by atoms with van der Waals surface area (Å²) >= 11 is 18.4. The van der Waals surface area contributed by atoms with E-state index in [0.29, 0.717) is 10.0 Å². The number of hydrogen-bond donors (Lipinski definition) is 0. The van der Waals surface area contributed by atoms with E-state index in [0.717, 1.165) is 24.1 Å². The van der Waals surface area contributed by atoms with Crippen molar-refractivity contribution < 1.29 is 0 Å². The van der Waals surface area contributed by atoms with Crippen LogP contribution >= 0.6 is 34.8 Å². The highest BCUT2D eigenvalue weighted by molar-refractivity contribution is 6.36. The van der Waals surface area contributed by atoms with Crippen LogP contribution in [-0.4, -0.2) is 17.1 Å². The average Bonchev–Trinajstić information content (AvgIpc) is 2.91. The van der Waals surface area contributed by atoms with Crippen molar-refractivity contribution in [3.63, 3.8) is 0 Å². The van der Waals surface area contributed by atoms with E-state index in [1.165, 1.54) is 11.1 Å². The van der Waals surface area contributed by atoms with E-state index in [-0.39, 0.29) is 11.4 Å². The molecule has 0 N–H and O–H groups in total. The van der Waals surface area contributed by atoms with Gasteiger partial charge in [-0.05, 0) is 63.0 Å². The molecular formula is C18H20Cl3N. The Balaban J connectivity index is 2.30. The third kappa shape index (κ3) is 4.16. The van der Waals surface area contributed by atoms with Gasteiger partial charge in [-0.3, -0.25) is 4.99 Å². The molecule has 2 atom stereocenters. The fourth-order valence-corrected chi connectivity index (χ4v) is 3.45. The average molecular weight is 357 g/mol. The molecule has 0 bridgehead atoms. The van der Waals surface area contributed by atoms with Crippen LogP contribution in [0.5, 0.6) is 0 Å². The highest BCUT2D eigenvalue weighted by Crippen LogP contribution is 2.31. The van der Waals surface area contributed by atoms with Gasteiger partial charge in [0.1, 0.15) is 0 Å². The van der Waals surface area contributed by atoms with Gasteiger partial charge in [-0.25, -0.2) is 0 Å². The van der Waals surface area contributed by atoms with Crippen molar-refractivity contribution in [1.82, 2.24) is 0 Å². The van der Waals surface area contributed by atoms with E-state index in [1.807, 2.05) is 26.0 Å². The van der Waals surface area contributed by atoms with Gasteiger partial charge in [0.2, 0.25) is 0 Å². The summed E-state index contributed by atoms with van der Waals surface area (Å²) in [6.07, 6.45) is 6.09. The first kappa shape index (κ1) is 17.6. The minimum absolute atomic E-state index is 0.0159. The zero-order chi connectivity index (χ0) is 16.3. The minimum atomic E-state index is 0.0159. The monoisotopic (exact) mass is 355 g/mol. The number of halogens is 3. The molecule has 1 aromatic carbocycles. The molecule has 0 fully saturated rings. The predicted octanol–water partition coefficient (Wildman–Crippen LogP) is 6.46. The van der Waals surface area contributed by atoms with Crippen LogP contribution in [0, 0.1) is 0 Å². The van der Waals surface area contributed by atoms with Crippen molar-refractivity contribution in [1.29, 1.82) is 0 Å². The summed E-state index contributed by atoms with van der Waals surface area (Å²) in [5, 5.41) is 1.40. The molecule has 1 aliphatic rings. The lowest BCUT2D eigenvalue weighted by atomic mass is 9.96. The Morgan fingerprint density at radius 2 is 2.09 bits per heavy atom. The maximum Gasteiger partial charge on any atom is 0.0755 e. The predicted molar refractivity (Wildman–Crippen MR) is 98.9 cm³/mol. The van der Waals surface area contributed by atoms with E-state index in [2.05, 4.69) is 19.1 Å². The fourth-order valence-electron chi connectivity index (χ4n) is 2.86. The topological polar surface area (TPSA) is 12.4 Å². The quantitative estimate of drug-likeness (QED) is 0.433. The third-order valence-corrected chi connectivity index (χ3v) is 4.50. The summed E-state index contributed by atoms with van der Waals surface area (Å²) in [6.45, 7) is 6.10. The van der Waals surface area contributed by atoms with Gasteiger partial charge in [-0.1, -0.05) is 35.4 Å². The zero-order valence-corrected chi connectivity index (χ0v) is 15.3. The number of rotatable bonds is 4. The number of hydrogen-bond acceptors (Lipinski definition) is 1. The summed E-state index contributed by atoms with van der Waals surface area (Å²) in [5.74, 6) is 0. The number of aliphatic imine (C=N–C) groups is 1. The molecule has 1 aromatic rings. The van der Waals surface area contributed by atoms with Gasteiger partial charge in [0, 0.05) is 26.7 Å². The van der Waals surface area contributed by atoms with Crippen LogP contribution in [0.1, 0.15) is 39.2 Å². The largest absolute Gasteiger partial charge is 0.281 e. The van der Waals surface area contributed by atoms with E-state index in [1.54, 1.807) is 6.07 Å². The Labute approximate surface area is 147 Å². The van der Waals surface area contributed by atoms with Gasteiger partial charge < -0.3 is 0 Å².